The van der Waals surface area contributed by atoms with Gasteiger partial charge in [-0.15, -0.1) is 0 Å². The minimum atomic E-state index is 0.0150. The summed E-state index contributed by atoms with van der Waals surface area (Å²) in [6.45, 7) is 0. The van der Waals surface area contributed by atoms with E-state index in [1.54, 1.807) is 17.8 Å². The van der Waals surface area contributed by atoms with Gasteiger partial charge in [-0.25, -0.2) is 4.79 Å². The number of rotatable bonds is 3. The molecule has 0 radical (unpaired) electrons. The molecule has 0 aromatic heterocycles. The highest BCUT2D eigenvalue weighted by molar-refractivity contribution is 7.98. The van der Waals surface area contributed by atoms with E-state index in [2.05, 4.69) is 4.99 Å². The van der Waals surface area contributed by atoms with Crippen LogP contribution < -0.4 is 0 Å². The molecule has 0 bridgehead atoms. The Morgan fingerprint density at radius 1 is 1.78 bits per heavy atom. The Bertz CT molecular complexity index is 147. The summed E-state index contributed by atoms with van der Waals surface area (Å²) in [7, 11) is 0. The fourth-order valence-corrected chi connectivity index (χ4v) is 1.69. The molecule has 0 aromatic rings. The van der Waals surface area contributed by atoms with E-state index >= 15 is 0 Å². The molecule has 1 saturated carbocycles. The molecule has 0 heterocycles. The van der Waals surface area contributed by atoms with Gasteiger partial charge in [0, 0.05) is 5.75 Å². The molecule has 0 spiro atoms. The summed E-state index contributed by atoms with van der Waals surface area (Å²) in [5.41, 5.74) is 0.0150. The van der Waals surface area contributed by atoms with Crippen molar-refractivity contribution in [3.8, 4) is 0 Å². The summed E-state index contributed by atoms with van der Waals surface area (Å²) in [6, 6.07) is 0. The predicted molar refractivity (Wildman–Crippen MR) is 38.5 cm³/mol. The van der Waals surface area contributed by atoms with Crippen molar-refractivity contribution in [2.24, 2.45) is 4.99 Å². The van der Waals surface area contributed by atoms with Gasteiger partial charge < -0.3 is 0 Å². The van der Waals surface area contributed by atoms with Gasteiger partial charge in [-0.1, -0.05) is 0 Å². The molecule has 1 aliphatic carbocycles. The zero-order valence-electron chi connectivity index (χ0n) is 5.39. The Balaban J connectivity index is 2.42. The van der Waals surface area contributed by atoms with Crippen LogP contribution in [0.2, 0.25) is 0 Å². The fraction of sp³-hybridized carbons (Fsp3) is 0.833. The van der Waals surface area contributed by atoms with Gasteiger partial charge >= 0.3 is 0 Å². The minimum absolute atomic E-state index is 0.0150. The molecule has 0 aromatic carbocycles. The van der Waals surface area contributed by atoms with Crippen molar-refractivity contribution < 1.29 is 4.79 Å². The van der Waals surface area contributed by atoms with Crippen molar-refractivity contribution in [3.05, 3.63) is 0 Å². The Labute approximate surface area is 58.7 Å². The predicted octanol–water partition coefficient (Wildman–Crippen LogP) is 1.22. The topological polar surface area (TPSA) is 29.4 Å². The number of isocyanates is 1. The van der Waals surface area contributed by atoms with Crippen LogP contribution >= 0.6 is 11.8 Å². The van der Waals surface area contributed by atoms with E-state index in [0.717, 1.165) is 18.6 Å². The lowest BCUT2D eigenvalue weighted by atomic mass is 10.3. The monoisotopic (exact) mass is 143 g/mol. The van der Waals surface area contributed by atoms with E-state index < -0.39 is 0 Å². The summed E-state index contributed by atoms with van der Waals surface area (Å²) < 4.78 is 0. The third kappa shape index (κ3) is 1.57. The molecule has 1 aliphatic rings. The molecular formula is C6H9NOS. The number of hydrogen-bond acceptors (Lipinski definition) is 3. The van der Waals surface area contributed by atoms with Gasteiger partial charge in [0.25, 0.3) is 0 Å². The first-order valence-electron chi connectivity index (χ1n) is 2.91. The molecule has 0 atom stereocenters. The third-order valence-corrected chi connectivity index (χ3v) is 2.35. The number of carbonyl (C=O) groups excluding carboxylic acids is 1. The molecule has 0 amide bonds. The van der Waals surface area contributed by atoms with Gasteiger partial charge in [0.1, 0.15) is 0 Å². The largest absolute Gasteiger partial charge is 0.235 e. The first-order chi connectivity index (χ1) is 4.33. The second-order valence-electron chi connectivity index (χ2n) is 2.36. The van der Waals surface area contributed by atoms with Gasteiger partial charge in [-0.3, -0.25) is 0 Å². The standard InChI is InChI=1S/C6H9NOS/c1-9-4-6(2-3-6)7-5-8/h2-4H2,1H3. The lowest BCUT2D eigenvalue weighted by Crippen LogP contribution is -2.06. The van der Waals surface area contributed by atoms with Gasteiger partial charge in [0.2, 0.25) is 6.08 Å². The Morgan fingerprint density at radius 2 is 2.44 bits per heavy atom. The molecule has 0 saturated heterocycles. The van der Waals surface area contributed by atoms with E-state index in [4.69, 9.17) is 0 Å². The van der Waals surface area contributed by atoms with Crippen LogP contribution in [0.15, 0.2) is 4.99 Å². The average molecular weight is 143 g/mol. The molecule has 0 aliphatic heterocycles. The van der Waals surface area contributed by atoms with Gasteiger partial charge in [-0.2, -0.15) is 16.8 Å². The molecule has 9 heavy (non-hydrogen) atoms. The molecule has 1 rings (SSSR count). The van der Waals surface area contributed by atoms with Crippen LogP contribution in [0.25, 0.3) is 0 Å². The Morgan fingerprint density at radius 3 is 2.78 bits per heavy atom. The summed E-state index contributed by atoms with van der Waals surface area (Å²) in [5.74, 6) is 0.974. The highest BCUT2D eigenvalue weighted by Crippen LogP contribution is 2.41. The molecule has 50 valence electrons. The van der Waals surface area contributed by atoms with Crippen LogP contribution in [0.3, 0.4) is 0 Å². The molecule has 1 fully saturated rings. The lowest BCUT2D eigenvalue weighted by Gasteiger charge is -2.01. The second-order valence-corrected chi connectivity index (χ2v) is 3.23. The summed E-state index contributed by atoms with van der Waals surface area (Å²) in [6.07, 6.45) is 5.79. The van der Waals surface area contributed by atoms with Crippen molar-refractivity contribution in [1.82, 2.24) is 0 Å². The van der Waals surface area contributed by atoms with Crippen LogP contribution in [0, 0.1) is 0 Å². The van der Waals surface area contributed by atoms with Gasteiger partial charge in [-0.05, 0) is 19.1 Å². The quantitative estimate of drug-likeness (QED) is 0.439. The zero-order valence-corrected chi connectivity index (χ0v) is 6.20. The van der Waals surface area contributed by atoms with E-state index in [1.165, 1.54) is 0 Å². The SMILES string of the molecule is CSCC1(N=C=O)CC1. The number of thioether (sulfide) groups is 1. The molecule has 2 nitrogen and oxygen atoms in total. The van der Waals surface area contributed by atoms with Crippen LogP contribution in [-0.4, -0.2) is 23.6 Å². The van der Waals surface area contributed by atoms with Crippen LogP contribution in [0.1, 0.15) is 12.8 Å². The van der Waals surface area contributed by atoms with E-state index in [-0.39, 0.29) is 5.54 Å². The normalized spacial score (nSPS) is 20.6. The van der Waals surface area contributed by atoms with Crippen LogP contribution in [-0.2, 0) is 4.79 Å². The number of hydrogen-bond donors (Lipinski definition) is 0. The smallest absolute Gasteiger partial charge is 0.211 e. The maximum absolute atomic E-state index is 9.83. The van der Waals surface area contributed by atoms with Crippen molar-refractivity contribution in [1.29, 1.82) is 0 Å². The van der Waals surface area contributed by atoms with Crippen molar-refractivity contribution >= 4 is 17.8 Å². The van der Waals surface area contributed by atoms with Crippen molar-refractivity contribution in [2.45, 2.75) is 18.4 Å². The van der Waals surface area contributed by atoms with Crippen molar-refractivity contribution in [3.63, 3.8) is 0 Å². The van der Waals surface area contributed by atoms with Gasteiger partial charge in [0.15, 0.2) is 0 Å². The van der Waals surface area contributed by atoms with E-state index in [9.17, 15) is 4.79 Å². The lowest BCUT2D eigenvalue weighted by molar-refractivity contribution is 0.558. The zero-order chi connectivity index (χ0) is 6.74. The third-order valence-electron chi connectivity index (χ3n) is 1.52. The Hall–Kier alpha value is -0.270. The molecule has 0 N–H and O–H groups in total. The summed E-state index contributed by atoms with van der Waals surface area (Å²) >= 11 is 1.74. The van der Waals surface area contributed by atoms with Gasteiger partial charge in [0.05, 0.1) is 5.54 Å². The van der Waals surface area contributed by atoms with E-state index in [0.29, 0.717) is 0 Å². The highest BCUT2D eigenvalue weighted by Gasteiger charge is 2.42. The summed E-state index contributed by atoms with van der Waals surface area (Å²) in [4.78, 5) is 13.6. The first kappa shape index (κ1) is 6.84. The molecule has 3 heteroatoms. The number of aliphatic imine (C=N–C) groups is 1. The number of nitrogens with zero attached hydrogens (tertiary/aromatic N) is 1. The van der Waals surface area contributed by atoms with Crippen LogP contribution in [0.5, 0.6) is 0 Å². The fourth-order valence-electron chi connectivity index (χ4n) is 0.798. The summed E-state index contributed by atoms with van der Waals surface area (Å²) in [5, 5.41) is 0. The first-order valence-corrected chi connectivity index (χ1v) is 4.30. The van der Waals surface area contributed by atoms with Crippen molar-refractivity contribution in [2.75, 3.05) is 12.0 Å². The maximum Gasteiger partial charge on any atom is 0.235 e. The van der Waals surface area contributed by atoms with E-state index in [1.807, 2.05) is 6.26 Å². The average Bonchev–Trinajstić information content (AvgIpc) is 2.51. The highest BCUT2D eigenvalue weighted by atomic mass is 32.2. The second kappa shape index (κ2) is 2.54. The Kier molecular flexibility index (Phi) is 1.94. The maximum atomic E-state index is 9.83. The van der Waals surface area contributed by atoms with Crippen LogP contribution in [0.4, 0.5) is 0 Å². The molecule has 0 unspecified atom stereocenters. The molecular weight excluding hydrogens is 134 g/mol. The minimum Gasteiger partial charge on any atom is -0.211 e.